The van der Waals surface area contributed by atoms with Gasteiger partial charge in [0.05, 0.1) is 5.92 Å². The van der Waals surface area contributed by atoms with Gasteiger partial charge in [-0.1, -0.05) is 41.4 Å². The van der Waals surface area contributed by atoms with Crippen molar-refractivity contribution in [3.05, 3.63) is 46.5 Å². The van der Waals surface area contributed by atoms with E-state index in [1.54, 1.807) is 4.90 Å². The average molecular weight is 361 g/mol. The number of allylic oxidation sites excluding steroid dienone is 1. The lowest BCUT2D eigenvalue weighted by Crippen LogP contribution is -2.33. The van der Waals surface area contributed by atoms with E-state index in [0.29, 0.717) is 31.1 Å². The number of amides is 2. The second kappa shape index (κ2) is 8.52. The lowest BCUT2D eigenvalue weighted by atomic mass is 9.97. The van der Waals surface area contributed by atoms with E-state index in [1.165, 1.54) is 18.4 Å². The van der Waals surface area contributed by atoms with E-state index in [1.807, 2.05) is 24.3 Å². The van der Waals surface area contributed by atoms with Crippen molar-refractivity contribution >= 4 is 23.4 Å². The summed E-state index contributed by atoms with van der Waals surface area (Å²) in [6.07, 6.45) is 8.38. The normalized spacial score (nSPS) is 20.5. The summed E-state index contributed by atoms with van der Waals surface area (Å²) in [7, 11) is 0. The Balaban J connectivity index is 1.47. The fourth-order valence-corrected chi connectivity index (χ4v) is 3.75. The molecule has 2 amide bonds. The van der Waals surface area contributed by atoms with E-state index < -0.39 is 0 Å². The number of hydrogen-bond acceptors (Lipinski definition) is 2. The van der Waals surface area contributed by atoms with Crippen molar-refractivity contribution in [3.63, 3.8) is 0 Å². The standard InChI is InChI=1S/C20H25ClN2O2/c21-18-9-5-4-8-16(18)13-23-14-17(12-19(23)24)20(25)22-11-10-15-6-2-1-3-7-15/h4-6,8-9,17H,1-3,7,10-14H2,(H,22,25). The van der Waals surface area contributed by atoms with Crippen LogP contribution in [0.4, 0.5) is 0 Å². The maximum atomic E-state index is 12.4. The van der Waals surface area contributed by atoms with Crippen molar-refractivity contribution < 1.29 is 9.59 Å². The van der Waals surface area contributed by atoms with Crippen molar-refractivity contribution in [1.82, 2.24) is 10.2 Å². The van der Waals surface area contributed by atoms with Gasteiger partial charge in [0.25, 0.3) is 0 Å². The Bertz CT molecular complexity index is 671. The molecule has 0 spiro atoms. The molecule has 2 aliphatic rings. The molecule has 1 aromatic carbocycles. The third kappa shape index (κ3) is 4.85. The van der Waals surface area contributed by atoms with Gasteiger partial charge in [-0.25, -0.2) is 0 Å². The first-order valence-electron chi connectivity index (χ1n) is 9.10. The molecule has 1 N–H and O–H groups in total. The number of benzene rings is 1. The smallest absolute Gasteiger partial charge is 0.225 e. The van der Waals surface area contributed by atoms with E-state index in [2.05, 4.69) is 11.4 Å². The van der Waals surface area contributed by atoms with Crippen LogP contribution in [0.3, 0.4) is 0 Å². The number of nitrogens with one attached hydrogen (secondary N) is 1. The predicted octanol–water partition coefficient (Wildman–Crippen LogP) is 3.70. The Labute approximate surface area is 154 Å². The van der Waals surface area contributed by atoms with E-state index >= 15 is 0 Å². The first kappa shape index (κ1) is 18.0. The van der Waals surface area contributed by atoms with Gasteiger partial charge in [-0.05, 0) is 43.7 Å². The molecule has 0 saturated carbocycles. The van der Waals surface area contributed by atoms with Crippen LogP contribution in [0.1, 0.15) is 44.1 Å². The zero-order valence-corrected chi connectivity index (χ0v) is 15.2. The first-order chi connectivity index (χ1) is 12.1. The molecule has 4 nitrogen and oxygen atoms in total. The molecule has 1 aliphatic heterocycles. The third-order valence-electron chi connectivity index (χ3n) is 5.03. The van der Waals surface area contributed by atoms with Crippen LogP contribution in [0.5, 0.6) is 0 Å². The molecule has 1 aliphatic carbocycles. The van der Waals surface area contributed by atoms with Crippen LogP contribution in [0.25, 0.3) is 0 Å². The van der Waals surface area contributed by atoms with Gasteiger partial charge in [0.1, 0.15) is 0 Å². The summed E-state index contributed by atoms with van der Waals surface area (Å²) < 4.78 is 0. The maximum Gasteiger partial charge on any atom is 0.225 e. The molecule has 1 heterocycles. The molecule has 5 heteroatoms. The number of nitrogens with zero attached hydrogens (tertiary/aromatic N) is 1. The third-order valence-corrected chi connectivity index (χ3v) is 5.40. The summed E-state index contributed by atoms with van der Waals surface area (Å²) in [6, 6.07) is 7.52. The zero-order chi connectivity index (χ0) is 17.6. The van der Waals surface area contributed by atoms with Crippen LogP contribution in [0.2, 0.25) is 5.02 Å². The maximum absolute atomic E-state index is 12.4. The van der Waals surface area contributed by atoms with Crippen LogP contribution < -0.4 is 5.32 Å². The van der Waals surface area contributed by atoms with Crippen LogP contribution >= 0.6 is 11.6 Å². The predicted molar refractivity (Wildman–Crippen MR) is 99.2 cm³/mol. The summed E-state index contributed by atoms with van der Waals surface area (Å²) >= 11 is 6.17. The van der Waals surface area contributed by atoms with Crippen molar-refractivity contribution in [2.75, 3.05) is 13.1 Å². The molecule has 134 valence electrons. The van der Waals surface area contributed by atoms with E-state index in [4.69, 9.17) is 11.6 Å². The van der Waals surface area contributed by atoms with Crippen molar-refractivity contribution in [3.8, 4) is 0 Å². The van der Waals surface area contributed by atoms with E-state index in [-0.39, 0.29) is 17.7 Å². The zero-order valence-electron chi connectivity index (χ0n) is 14.5. The lowest BCUT2D eigenvalue weighted by molar-refractivity contribution is -0.129. The summed E-state index contributed by atoms with van der Waals surface area (Å²) in [6.45, 7) is 1.60. The summed E-state index contributed by atoms with van der Waals surface area (Å²) in [5.41, 5.74) is 2.37. The van der Waals surface area contributed by atoms with Crippen LogP contribution in [0.15, 0.2) is 35.9 Å². The summed E-state index contributed by atoms with van der Waals surface area (Å²) in [5, 5.41) is 3.66. The molecule has 1 unspecified atom stereocenters. The average Bonchev–Trinajstić information content (AvgIpc) is 2.99. The molecule has 1 aromatic rings. The Hall–Kier alpha value is -1.81. The van der Waals surface area contributed by atoms with Gasteiger partial charge in [-0.2, -0.15) is 0 Å². The molecule has 1 saturated heterocycles. The topological polar surface area (TPSA) is 49.4 Å². The van der Waals surface area contributed by atoms with Crippen molar-refractivity contribution in [1.29, 1.82) is 0 Å². The van der Waals surface area contributed by atoms with Gasteiger partial charge in [-0.15, -0.1) is 0 Å². The van der Waals surface area contributed by atoms with E-state index in [0.717, 1.165) is 24.8 Å². The molecule has 25 heavy (non-hydrogen) atoms. The largest absolute Gasteiger partial charge is 0.355 e. The molecular weight excluding hydrogens is 336 g/mol. The Morgan fingerprint density at radius 1 is 1.28 bits per heavy atom. The quantitative estimate of drug-likeness (QED) is 0.786. The first-order valence-corrected chi connectivity index (χ1v) is 9.48. The highest BCUT2D eigenvalue weighted by Gasteiger charge is 2.34. The second-order valence-electron chi connectivity index (χ2n) is 6.92. The molecule has 0 bridgehead atoms. The molecule has 3 rings (SSSR count). The minimum absolute atomic E-state index is 0.00795. The highest BCUT2D eigenvalue weighted by molar-refractivity contribution is 6.31. The molecule has 0 aromatic heterocycles. The minimum atomic E-state index is -0.254. The van der Waals surface area contributed by atoms with Crippen LogP contribution in [-0.2, 0) is 16.1 Å². The number of carbonyl (C=O) groups excluding carboxylic acids is 2. The number of hydrogen-bond donors (Lipinski definition) is 1. The molecular formula is C20H25ClN2O2. The fraction of sp³-hybridized carbons (Fsp3) is 0.500. The highest BCUT2D eigenvalue weighted by atomic mass is 35.5. The molecule has 0 radical (unpaired) electrons. The van der Waals surface area contributed by atoms with Crippen LogP contribution in [0, 0.1) is 5.92 Å². The summed E-state index contributed by atoms with van der Waals surface area (Å²) in [4.78, 5) is 26.3. The second-order valence-corrected chi connectivity index (χ2v) is 7.32. The molecule has 1 fully saturated rings. The Kier molecular flexibility index (Phi) is 6.14. The fourth-order valence-electron chi connectivity index (χ4n) is 3.56. The highest BCUT2D eigenvalue weighted by Crippen LogP contribution is 2.24. The minimum Gasteiger partial charge on any atom is -0.355 e. The van der Waals surface area contributed by atoms with Gasteiger partial charge in [0, 0.05) is 31.1 Å². The number of carbonyl (C=O) groups is 2. The van der Waals surface area contributed by atoms with Crippen molar-refractivity contribution in [2.24, 2.45) is 5.92 Å². The van der Waals surface area contributed by atoms with Gasteiger partial charge in [0.2, 0.25) is 11.8 Å². The Morgan fingerprint density at radius 2 is 2.12 bits per heavy atom. The SMILES string of the molecule is O=C(NCCC1=CCCCC1)C1CC(=O)N(Cc2ccccc2Cl)C1. The summed E-state index contributed by atoms with van der Waals surface area (Å²) in [5.74, 6) is -0.239. The van der Waals surface area contributed by atoms with Crippen molar-refractivity contribution in [2.45, 2.75) is 45.1 Å². The Morgan fingerprint density at radius 3 is 2.88 bits per heavy atom. The van der Waals surface area contributed by atoms with E-state index in [9.17, 15) is 9.59 Å². The van der Waals surface area contributed by atoms with Gasteiger partial charge >= 0.3 is 0 Å². The van der Waals surface area contributed by atoms with Gasteiger partial charge < -0.3 is 10.2 Å². The monoisotopic (exact) mass is 360 g/mol. The number of rotatable bonds is 6. The van der Waals surface area contributed by atoms with Gasteiger partial charge in [-0.3, -0.25) is 9.59 Å². The van der Waals surface area contributed by atoms with Crippen LogP contribution in [-0.4, -0.2) is 29.8 Å². The lowest BCUT2D eigenvalue weighted by Gasteiger charge is -2.18. The molecule has 1 atom stereocenters. The number of halogens is 1. The number of likely N-dealkylation sites (tertiary alicyclic amines) is 1. The van der Waals surface area contributed by atoms with Gasteiger partial charge in [0.15, 0.2) is 0 Å².